The van der Waals surface area contributed by atoms with Gasteiger partial charge in [0.15, 0.2) is 11.6 Å². The summed E-state index contributed by atoms with van der Waals surface area (Å²) in [6, 6.07) is 7.85. The largest absolute Gasteiger partial charge is 0.368 e. The molecule has 6 nitrogen and oxygen atoms in total. The molecule has 0 unspecified atom stereocenters. The zero-order valence-corrected chi connectivity index (χ0v) is 13.6. The van der Waals surface area contributed by atoms with Crippen molar-refractivity contribution in [2.75, 3.05) is 11.9 Å². The van der Waals surface area contributed by atoms with E-state index in [-0.39, 0.29) is 5.69 Å². The molecule has 7 heteroatoms. The van der Waals surface area contributed by atoms with Crippen molar-refractivity contribution in [1.82, 2.24) is 19.1 Å². The van der Waals surface area contributed by atoms with Gasteiger partial charge in [0.2, 0.25) is 0 Å². The maximum atomic E-state index is 12.5. The first-order valence-electron chi connectivity index (χ1n) is 7.20. The van der Waals surface area contributed by atoms with Crippen LogP contribution in [0.3, 0.4) is 0 Å². The molecule has 1 N–H and O–H groups in total. The van der Waals surface area contributed by atoms with Crippen LogP contribution in [0.5, 0.6) is 0 Å². The molecule has 3 aliphatic heterocycles. The normalized spacial score (nSPS) is 13.4. The summed E-state index contributed by atoms with van der Waals surface area (Å²) in [5.41, 5.74) is 1.67. The van der Waals surface area contributed by atoms with Crippen molar-refractivity contribution in [2.45, 2.75) is 20.0 Å². The van der Waals surface area contributed by atoms with E-state index in [4.69, 9.17) is 0 Å². The lowest BCUT2D eigenvalue weighted by atomic mass is 10.2. The van der Waals surface area contributed by atoms with Crippen LogP contribution in [0, 0.1) is 0 Å². The quantitative estimate of drug-likeness (QED) is 0.762. The maximum Gasteiger partial charge on any atom is 0.331 e. The van der Waals surface area contributed by atoms with Crippen LogP contribution in [0.1, 0.15) is 6.92 Å². The summed E-state index contributed by atoms with van der Waals surface area (Å²) >= 11 is 3.43. The van der Waals surface area contributed by atoms with Gasteiger partial charge in [-0.1, -0.05) is 28.1 Å². The highest BCUT2D eigenvalue weighted by Crippen LogP contribution is 2.31. The number of fused-ring (bicyclic) bond motifs is 3. The van der Waals surface area contributed by atoms with Crippen LogP contribution in [-0.4, -0.2) is 25.6 Å². The lowest BCUT2D eigenvalue weighted by Crippen LogP contribution is -2.31. The monoisotopic (exact) mass is 359 g/mol. The highest BCUT2D eigenvalue weighted by molar-refractivity contribution is 9.10. The number of benzene rings is 1. The third kappa shape index (κ3) is 1.89. The number of rotatable bonds is 2. The first-order chi connectivity index (χ1) is 10.7. The van der Waals surface area contributed by atoms with Gasteiger partial charge in [0.25, 0.3) is 0 Å². The van der Waals surface area contributed by atoms with E-state index in [9.17, 15) is 4.79 Å². The van der Waals surface area contributed by atoms with Gasteiger partial charge in [-0.2, -0.15) is 0 Å². The van der Waals surface area contributed by atoms with Crippen molar-refractivity contribution in [2.24, 2.45) is 0 Å². The second-order valence-corrected chi connectivity index (χ2v) is 6.10. The molecular weight excluding hydrogens is 346 g/mol. The van der Waals surface area contributed by atoms with Crippen molar-refractivity contribution >= 4 is 21.7 Å². The SMILES string of the molecule is CCn1c2nc(-c3ccc(Br)cc3)nc-2c2n(c1=O)CCN2. The fourth-order valence-corrected chi connectivity index (χ4v) is 3.09. The smallest absolute Gasteiger partial charge is 0.331 e. The minimum Gasteiger partial charge on any atom is -0.368 e. The fraction of sp³-hybridized carbons (Fsp3) is 0.267. The zero-order valence-electron chi connectivity index (χ0n) is 12.0. The molecule has 22 heavy (non-hydrogen) atoms. The Hall–Kier alpha value is -2.15. The molecular formula is C15H14BrN5O. The number of anilines is 1. The van der Waals surface area contributed by atoms with E-state index in [2.05, 4.69) is 31.2 Å². The van der Waals surface area contributed by atoms with Crippen LogP contribution in [-0.2, 0) is 13.1 Å². The van der Waals surface area contributed by atoms with Gasteiger partial charge in [0.1, 0.15) is 11.5 Å². The number of nitrogens with one attached hydrogen (secondary N) is 1. The molecule has 0 atom stereocenters. The van der Waals surface area contributed by atoms with Crippen LogP contribution in [0.2, 0.25) is 0 Å². The average molecular weight is 360 g/mol. The van der Waals surface area contributed by atoms with Crippen molar-refractivity contribution in [3.05, 3.63) is 39.2 Å². The van der Waals surface area contributed by atoms with E-state index < -0.39 is 0 Å². The molecule has 0 aliphatic carbocycles. The van der Waals surface area contributed by atoms with Crippen molar-refractivity contribution in [3.63, 3.8) is 0 Å². The van der Waals surface area contributed by atoms with Gasteiger partial charge in [-0.15, -0.1) is 0 Å². The molecule has 112 valence electrons. The van der Waals surface area contributed by atoms with Gasteiger partial charge >= 0.3 is 5.69 Å². The Balaban J connectivity index is 1.99. The van der Waals surface area contributed by atoms with Gasteiger partial charge in [-0.3, -0.25) is 9.13 Å². The molecule has 0 amide bonds. The maximum absolute atomic E-state index is 12.5. The van der Waals surface area contributed by atoms with E-state index in [0.29, 0.717) is 24.7 Å². The zero-order chi connectivity index (χ0) is 15.3. The van der Waals surface area contributed by atoms with E-state index in [0.717, 1.165) is 28.1 Å². The van der Waals surface area contributed by atoms with Crippen molar-refractivity contribution < 1.29 is 0 Å². The van der Waals surface area contributed by atoms with Gasteiger partial charge < -0.3 is 5.32 Å². The predicted molar refractivity (Wildman–Crippen MR) is 88.2 cm³/mol. The van der Waals surface area contributed by atoms with E-state index in [1.54, 1.807) is 9.13 Å². The number of imidazole rings is 1. The molecule has 3 heterocycles. The predicted octanol–water partition coefficient (Wildman–Crippen LogP) is 2.42. The lowest BCUT2D eigenvalue weighted by Gasteiger charge is -2.12. The number of aromatic nitrogens is 4. The summed E-state index contributed by atoms with van der Waals surface area (Å²) in [5.74, 6) is 2.07. The second kappa shape index (κ2) is 4.95. The third-order valence-electron chi connectivity index (χ3n) is 3.90. The molecule has 0 aromatic heterocycles. The summed E-state index contributed by atoms with van der Waals surface area (Å²) in [6.07, 6.45) is 0. The van der Waals surface area contributed by atoms with Crippen molar-refractivity contribution in [3.8, 4) is 22.9 Å². The summed E-state index contributed by atoms with van der Waals surface area (Å²) in [6.45, 7) is 3.95. The minimum atomic E-state index is -0.0303. The Morgan fingerprint density at radius 2 is 2.05 bits per heavy atom. The highest BCUT2D eigenvalue weighted by atomic mass is 79.9. The third-order valence-corrected chi connectivity index (χ3v) is 4.43. The number of hydrogen-bond acceptors (Lipinski definition) is 4. The van der Waals surface area contributed by atoms with Crippen LogP contribution in [0.25, 0.3) is 22.9 Å². The van der Waals surface area contributed by atoms with Crippen LogP contribution < -0.4 is 11.0 Å². The Bertz CT molecular complexity index is 880. The summed E-state index contributed by atoms with van der Waals surface area (Å²) in [4.78, 5) is 21.8. The summed E-state index contributed by atoms with van der Waals surface area (Å²) in [7, 11) is 0. The first-order valence-corrected chi connectivity index (χ1v) is 7.99. The van der Waals surface area contributed by atoms with Gasteiger partial charge in [0.05, 0.1) is 0 Å². The molecule has 0 fully saturated rings. The van der Waals surface area contributed by atoms with E-state index in [1.165, 1.54) is 0 Å². The summed E-state index contributed by atoms with van der Waals surface area (Å²) < 4.78 is 4.43. The van der Waals surface area contributed by atoms with Gasteiger partial charge in [-0.25, -0.2) is 14.8 Å². The molecule has 0 saturated carbocycles. The minimum absolute atomic E-state index is 0.0303. The highest BCUT2D eigenvalue weighted by Gasteiger charge is 2.27. The molecule has 0 radical (unpaired) electrons. The first kappa shape index (κ1) is 13.5. The van der Waals surface area contributed by atoms with Crippen LogP contribution >= 0.6 is 15.9 Å². The Morgan fingerprint density at radius 1 is 1.27 bits per heavy atom. The number of nitrogens with zero attached hydrogens (tertiary/aromatic N) is 4. The molecule has 4 rings (SSSR count). The second-order valence-electron chi connectivity index (χ2n) is 5.18. The van der Waals surface area contributed by atoms with Gasteiger partial charge in [-0.05, 0) is 19.1 Å². The molecule has 1 aromatic carbocycles. The fourth-order valence-electron chi connectivity index (χ4n) is 2.83. The molecule has 1 aromatic rings. The lowest BCUT2D eigenvalue weighted by molar-refractivity contribution is 0.625. The van der Waals surface area contributed by atoms with Crippen molar-refractivity contribution in [1.29, 1.82) is 0 Å². The van der Waals surface area contributed by atoms with E-state index >= 15 is 0 Å². The number of halogens is 1. The topological polar surface area (TPSA) is 64.7 Å². The molecule has 0 spiro atoms. The molecule has 0 saturated heterocycles. The number of hydrogen-bond donors (Lipinski definition) is 1. The van der Waals surface area contributed by atoms with Crippen LogP contribution in [0.4, 0.5) is 5.82 Å². The Kier molecular flexibility index (Phi) is 3.04. The standard InChI is InChI=1S/C15H14BrN5O/c1-2-20-14-11(13-17-7-8-21(13)15(20)22)18-12(19-14)9-3-5-10(16)6-4-9/h3-6,17H,2,7-8H2,1H3. The summed E-state index contributed by atoms with van der Waals surface area (Å²) in [5, 5.41) is 3.25. The van der Waals surface area contributed by atoms with Gasteiger partial charge in [0, 0.05) is 29.7 Å². The Morgan fingerprint density at radius 3 is 2.77 bits per heavy atom. The molecule has 3 aliphatic rings. The van der Waals surface area contributed by atoms with Crippen LogP contribution in [0.15, 0.2) is 33.5 Å². The van der Waals surface area contributed by atoms with E-state index in [1.807, 2.05) is 31.2 Å². The molecule has 0 bridgehead atoms. The average Bonchev–Trinajstić information content (AvgIpc) is 3.15. The Labute approximate surface area is 135 Å².